The van der Waals surface area contributed by atoms with Crippen LogP contribution in [-0.2, 0) is 6.42 Å². The monoisotopic (exact) mass is 189 g/mol. The summed E-state index contributed by atoms with van der Waals surface area (Å²) in [5.41, 5.74) is 10.7. The van der Waals surface area contributed by atoms with Crippen LogP contribution in [0.2, 0.25) is 0 Å². The second-order valence-electron chi connectivity index (χ2n) is 3.37. The highest BCUT2D eigenvalue weighted by molar-refractivity contribution is 5.24. The largest absolute Gasteiger partial charge is 0.0862 e. The molecule has 1 aromatic carbocycles. The van der Waals surface area contributed by atoms with Gasteiger partial charge in [0.1, 0.15) is 0 Å². The number of benzene rings is 1. The maximum atomic E-state index is 8.30. The first kappa shape index (κ1) is 10.6. The third kappa shape index (κ3) is 2.79. The predicted molar refractivity (Wildman–Crippen MR) is 58.0 cm³/mol. The Kier molecular flexibility index (Phi) is 4.02. The lowest BCUT2D eigenvalue weighted by Crippen LogP contribution is -1.89. The lowest BCUT2D eigenvalue weighted by molar-refractivity contribution is 0.805. The molecule has 1 atom stereocenters. The zero-order valence-electron chi connectivity index (χ0n) is 8.64. The van der Waals surface area contributed by atoms with Crippen molar-refractivity contribution in [3.05, 3.63) is 45.8 Å². The first-order valence-electron chi connectivity index (χ1n) is 4.91. The number of hydrogen-bond acceptors (Lipinski definition) is 1. The van der Waals surface area contributed by atoms with E-state index in [0.717, 1.165) is 18.4 Å². The van der Waals surface area contributed by atoms with Crippen molar-refractivity contribution in [2.24, 2.45) is 5.11 Å². The Hall–Kier alpha value is -1.47. The standard InChI is InChI=1S/C11H15N3/c1-3-4-10-5-7-11(8-6-10)9(2)13-14-12/h5-9H,3-4H2,1-2H3/t9-/m0/s1. The van der Waals surface area contributed by atoms with Gasteiger partial charge in [-0.2, -0.15) is 0 Å². The molecular weight excluding hydrogens is 174 g/mol. The first-order chi connectivity index (χ1) is 6.77. The molecule has 1 aromatic rings. The molecule has 0 spiro atoms. The van der Waals surface area contributed by atoms with Gasteiger partial charge in [0.25, 0.3) is 0 Å². The van der Waals surface area contributed by atoms with Crippen molar-refractivity contribution in [2.75, 3.05) is 0 Å². The Morgan fingerprint density at radius 3 is 2.50 bits per heavy atom. The molecule has 0 amide bonds. The molecule has 0 unspecified atom stereocenters. The average Bonchev–Trinajstić information content (AvgIpc) is 2.20. The van der Waals surface area contributed by atoms with Crippen molar-refractivity contribution in [3.63, 3.8) is 0 Å². The van der Waals surface area contributed by atoms with Crippen molar-refractivity contribution in [2.45, 2.75) is 32.7 Å². The maximum Gasteiger partial charge on any atom is 0.0597 e. The zero-order chi connectivity index (χ0) is 10.4. The topological polar surface area (TPSA) is 48.8 Å². The number of azide groups is 1. The van der Waals surface area contributed by atoms with Gasteiger partial charge in [-0.25, -0.2) is 0 Å². The average molecular weight is 189 g/mol. The molecule has 0 saturated carbocycles. The summed E-state index contributed by atoms with van der Waals surface area (Å²) in [7, 11) is 0. The quantitative estimate of drug-likeness (QED) is 0.390. The summed E-state index contributed by atoms with van der Waals surface area (Å²) in [6.45, 7) is 4.06. The highest BCUT2D eigenvalue weighted by Crippen LogP contribution is 2.17. The van der Waals surface area contributed by atoms with Crippen LogP contribution in [0.3, 0.4) is 0 Å². The fourth-order valence-corrected chi connectivity index (χ4v) is 1.40. The van der Waals surface area contributed by atoms with E-state index in [9.17, 15) is 0 Å². The second kappa shape index (κ2) is 5.30. The molecule has 0 aliphatic rings. The molecule has 0 N–H and O–H groups in total. The molecule has 0 saturated heterocycles. The van der Waals surface area contributed by atoms with Crippen LogP contribution in [0, 0.1) is 0 Å². The van der Waals surface area contributed by atoms with E-state index < -0.39 is 0 Å². The summed E-state index contributed by atoms with van der Waals surface area (Å²) < 4.78 is 0. The van der Waals surface area contributed by atoms with Gasteiger partial charge in [0.2, 0.25) is 0 Å². The number of rotatable bonds is 4. The van der Waals surface area contributed by atoms with Gasteiger partial charge in [0.05, 0.1) is 6.04 Å². The summed E-state index contributed by atoms with van der Waals surface area (Å²) >= 11 is 0. The Labute approximate surface area is 84.4 Å². The van der Waals surface area contributed by atoms with Crippen molar-refractivity contribution in [3.8, 4) is 0 Å². The van der Waals surface area contributed by atoms with E-state index in [0.29, 0.717) is 0 Å². The molecule has 0 aliphatic carbocycles. The summed E-state index contributed by atoms with van der Waals surface area (Å²) in [6.07, 6.45) is 2.27. The molecule has 14 heavy (non-hydrogen) atoms. The first-order valence-corrected chi connectivity index (χ1v) is 4.91. The van der Waals surface area contributed by atoms with Crippen LogP contribution in [-0.4, -0.2) is 0 Å². The molecule has 3 heteroatoms. The minimum absolute atomic E-state index is 0.0734. The van der Waals surface area contributed by atoms with Crippen molar-refractivity contribution in [1.82, 2.24) is 0 Å². The highest BCUT2D eigenvalue weighted by Gasteiger charge is 2.01. The molecule has 0 aliphatic heterocycles. The number of aryl methyl sites for hydroxylation is 1. The van der Waals surface area contributed by atoms with Crippen LogP contribution in [0.1, 0.15) is 37.4 Å². The predicted octanol–water partition coefficient (Wildman–Crippen LogP) is 4.01. The van der Waals surface area contributed by atoms with Gasteiger partial charge in [-0.15, -0.1) is 0 Å². The summed E-state index contributed by atoms with van der Waals surface area (Å²) in [5, 5.41) is 3.65. The molecular formula is C11H15N3. The van der Waals surface area contributed by atoms with Crippen molar-refractivity contribution in [1.29, 1.82) is 0 Å². The SMILES string of the molecule is CCCc1ccc([C@H](C)N=[N+]=[N-])cc1. The molecule has 1 rings (SSSR count). The smallest absolute Gasteiger partial charge is 0.0597 e. The van der Waals surface area contributed by atoms with Crippen LogP contribution in [0.15, 0.2) is 29.4 Å². The minimum atomic E-state index is -0.0734. The van der Waals surface area contributed by atoms with Gasteiger partial charge in [-0.1, -0.05) is 49.6 Å². The van der Waals surface area contributed by atoms with Crippen LogP contribution < -0.4 is 0 Å². The van der Waals surface area contributed by atoms with E-state index in [4.69, 9.17) is 5.53 Å². The zero-order valence-corrected chi connectivity index (χ0v) is 8.64. The van der Waals surface area contributed by atoms with Gasteiger partial charge in [-0.05, 0) is 23.1 Å². The van der Waals surface area contributed by atoms with Gasteiger partial charge in [0, 0.05) is 4.91 Å². The number of hydrogen-bond donors (Lipinski definition) is 0. The van der Waals surface area contributed by atoms with Crippen molar-refractivity contribution >= 4 is 0 Å². The van der Waals surface area contributed by atoms with Gasteiger partial charge in [-0.3, -0.25) is 0 Å². The van der Waals surface area contributed by atoms with E-state index in [1.807, 2.05) is 19.1 Å². The summed E-state index contributed by atoms with van der Waals surface area (Å²) in [6, 6.07) is 8.19. The van der Waals surface area contributed by atoms with E-state index >= 15 is 0 Å². The summed E-state index contributed by atoms with van der Waals surface area (Å²) in [4.78, 5) is 2.80. The van der Waals surface area contributed by atoms with Crippen LogP contribution in [0.25, 0.3) is 10.4 Å². The fourth-order valence-electron chi connectivity index (χ4n) is 1.40. The van der Waals surface area contributed by atoms with Crippen LogP contribution in [0.5, 0.6) is 0 Å². The Balaban J connectivity index is 2.77. The fraction of sp³-hybridized carbons (Fsp3) is 0.455. The highest BCUT2D eigenvalue weighted by atomic mass is 15.1. The normalized spacial score (nSPS) is 11.9. The summed E-state index contributed by atoms with van der Waals surface area (Å²) in [5.74, 6) is 0. The number of nitrogens with zero attached hydrogens (tertiary/aromatic N) is 3. The molecule has 0 heterocycles. The van der Waals surface area contributed by atoms with Crippen LogP contribution in [0.4, 0.5) is 0 Å². The minimum Gasteiger partial charge on any atom is -0.0862 e. The van der Waals surface area contributed by atoms with Gasteiger partial charge in [0.15, 0.2) is 0 Å². The third-order valence-corrected chi connectivity index (χ3v) is 2.23. The molecule has 74 valence electrons. The van der Waals surface area contributed by atoms with E-state index in [1.54, 1.807) is 0 Å². The molecule has 0 fully saturated rings. The lowest BCUT2D eigenvalue weighted by atomic mass is 10.0. The molecule has 0 radical (unpaired) electrons. The van der Waals surface area contributed by atoms with Crippen LogP contribution >= 0.6 is 0 Å². The van der Waals surface area contributed by atoms with E-state index in [2.05, 4.69) is 29.1 Å². The van der Waals surface area contributed by atoms with Gasteiger partial charge >= 0.3 is 0 Å². The molecule has 0 bridgehead atoms. The lowest BCUT2D eigenvalue weighted by Gasteiger charge is -2.05. The molecule has 3 nitrogen and oxygen atoms in total. The van der Waals surface area contributed by atoms with Crippen molar-refractivity contribution < 1.29 is 0 Å². The Bertz CT molecular complexity index is 323. The van der Waals surface area contributed by atoms with E-state index in [-0.39, 0.29) is 6.04 Å². The maximum absolute atomic E-state index is 8.30. The molecule has 0 aromatic heterocycles. The van der Waals surface area contributed by atoms with E-state index in [1.165, 1.54) is 5.56 Å². The second-order valence-corrected chi connectivity index (χ2v) is 3.37. The van der Waals surface area contributed by atoms with Gasteiger partial charge < -0.3 is 0 Å². The Morgan fingerprint density at radius 2 is 2.00 bits per heavy atom. The Morgan fingerprint density at radius 1 is 1.36 bits per heavy atom. The third-order valence-electron chi connectivity index (χ3n) is 2.23.